The molecule has 3 rings (SSSR count). The van der Waals surface area contributed by atoms with Crippen LogP contribution in [0.15, 0.2) is 59.2 Å². The number of fused-ring (bicyclic) bond motifs is 1. The van der Waals surface area contributed by atoms with Gasteiger partial charge in [0.05, 0.1) is 13.4 Å². The van der Waals surface area contributed by atoms with E-state index >= 15 is 0 Å². The highest BCUT2D eigenvalue weighted by Crippen LogP contribution is 2.23. The molecule has 0 atom stereocenters. The molecule has 2 nitrogen and oxygen atoms in total. The van der Waals surface area contributed by atoms with Crippen LogP contribution in [0.4, 0.5) is 0 Å². The summed E-state index contributed by atoms with van der Waals surface area (Å²) >= 11 is 0. The summed E-state index contributed by atoms with van der Waals surface area (Å²) in [6.45, 7) is 0. The van der Waals surface area contributed by atoms with Crippen LogP contribution in [-0.4, -0.2) is 7.11 Å². The lowest BCUT2D eigenvalue weighted by molar-refractivity contribution is 0.414. The summed E-state index contributed by atoms with van der Waals surface area (Å²) in [5.74, 6) is 0.895. The van der Waals surface area contributed by atoms with Crippen molar-refractivity contribution in [3.63, 3.8) is 0 Å². The molecule has 0 unspecified atom stereocenters. The van der Waals surface area contributed by atoms with Crippen molar-refractivity contribution >= 4 is 11.0 Å². The van der Waals surface area contributed by atoms with Crippen LogP contribution >= 0.6 is 0 Å². The standard InChI is InChI=1S/C16H14O2/c1-17-14-6-2-4-12(11-14)10-13-5-3-7-16-15(13)8-9-18-16/h2-9,11H,10H2,1H3. The molecule has 0 saturated heterocycles. The molecule has 2 aromatic carbocycles. The van der Waals surface area contributed by atoms with Crippen LogP contribution in [0.3, 0.4) is 0 Å². The first-order valence-corrected chi connectivity index (χ1v) is 5.95. The third-order valence-electron chi connectivity index (χ3n) is 3.11. The van der Waals surface area contributed by atoms with Gasteiger partial charge in [-0.2, -0.15) is 0 Å². The third-order valence-corrected chi connectivity index (χ3v) is 3.11. The Morgan fingerprint density at radius 2 is 1.94 bits per heavy atom. The normalized spacial score (nSPS) is 10.7. The smallest absolute Gasteiger partial charge is 0.134 e. The molecule has 0 bridgehead atoms. The van der Waals surface area contributed by atoms with E-state index in [0.29, 0.717) is 0 Å². The van der Waals surface area contributed by atoms with Crippen LogP contribution in [0.2, 0.25) is 0 Å². The molecule has 0 N–H and O–H groups in total. The zero-order chi connectivity index (χ0) is 12.4. The lowest BCUT2D eigenvalue weighted by Gasteiger charge is -2.05. The minimum absolute atomic E-state index is 0.883. The van der Waals surface area contributed by atoms with Gasteiger partial charge in [0.2, 0.25) is 0 Å². The van der Waals surface area contributed by atoms with Gasteiger partial charge in [-0.15, -0.1) is 0 Å². The van der Waals surface area contributed by atoms with Crippen molar-refractivity contribution in [2.24, 2.45) is 0 Å². The zero-order valence-corrected chi connectivity index (χ0v) is 10.2. The predicted octanol–water partition coefficient (Wildman–Crippen LogP) is 4.03. The van der Waals surface area contributed by atoms with Crippen LogP contribution in [0.5, 0.6) is 5.75 Å². The monoisotopic (exact) mass is 238 g/mol. The molecule has 0 aliphatic rings. The van der Waals surface area contributed by atoms with E-state index in [1.807, 2.05) is 30.3 Å². The van der Waals surface area contributed by atoms with Crippen LogP contribution < -0.4 is 4.74 Å². The summed E-state index contributed by atoms with van der Waals surface area (Å²) in [4.78, 5) is 0. The molecule has 1 heterocycles. The topological polar surface area (TPSA) is 22.4 Å². The van der Waals surface area contributed by atoms with Gasteiger partial charge in [-0.05, 0) is 41.8 Å². The van der Waals surface area contributed by atoms with Crippen LogP contribution in [0.25, 0.3) is 11.0 Å². The van der Waals surface area contributed by atoms with Gasteiger partial charge < -0.3 is 9.15 Å². The summed E-state index contributed by atoms with van der Waals surface area (Å²) in [6.07, 6.45) is 2.62. The first-order chi connectivity index (χ1) is 8.86. The number of ether oxygens (including phenoxy) is 1. The Bertz CT molecular complexity index is 667. The lowest BCUT2D eigenvalue weighted by Crippen LogP contribution is -1.90. The first-order valence-electron chi connectivity index (χ1n) is 5.95. The van der Waals surface area contributed by atoms with Gasteiger partial charge in [0.25, 0.3) is 0 Å². The molecule has 0 amide bonds. The molecular weight excluding hydrogens is 224 g/mol. The van der Waals surface area contributed by atoms with E-state index in [-0.39, 0.29) is 0 Å². The van der Waals surface area contributed by atoms with Crippen molar-refractivity contribution in [1.29, 1.82) is 0 Å². The first kappa shape index (κ1) is 10.9. The Balaban J connectivity index is 1.98. The minimum Gasteiger partial charge on any atom is -0.497 e. The van der Waals surface area contributed by atoms with Crippen molar-refractivity contribution < 1.29 is 9.15 Å². The summed E-state index contributed by atoms with van der Waals surface area (Å²) in [6, 6.07) is 16.3. The number of furan rings is 1. The van der Waals surface area contributed by atoms with Gasteiger partial charge in [-0.1, -0.05) is 24.3 Å². The maximum Gasteiger partial charge on any atom is 0.134 e. The summed E-state index contributed by atoms with van der Waals surface area (Å²) in [5, 5.41) is 1.18. The second kappa shape index (κ2) is 4.57. The minimum atomic E-state index is 0.883. The van der Waals surface area contributed by atoms with E-state index in [4.69, 9.17) is 9.15 Å². The number of benzene rings is 2. The Morgan fingerprint density at radius 3 is 2.83 bits per heavy atom. The summed E-state index contributed by atoms with van der Waals surface area (Å²) in [7, 11) is 1.69. The fourth-order valence-electron chi connectivity index (χ4n) is 2.21. The van der Waals surface area contributed by atoms with Crippen molar-refractivity contribution in [1.82, 2.24) is 0 Å². The molecule has 0 aliphatic heterocycles. The molecule has 0 radical (unpaired) electrons. The highest BCUT2D eigenvalue weighted by atomic mass is 16.5. The van der Waals surface area contributed by atoms with E-state index < -0.39 is 0 Å². The van der Waals surface area contributed by atoms with E-state index in [0.717, 1.165) is 17.8 Å². The van der Waals surface area contributed by atoms with Crippen LogP contribution in [0.1, 0.15) is 11.1 Å². The lowest BCUT2D eigenvalue weighted by atomic mass is 10.0. The number of hydrogen-bond donors (Lipinski definition) is 0. The average molecular weight is 238 g/mol. The molecular formula is C16H14O2. The van der Waals surface area contributed by atoms with E-state index in [9.17, 15) is 0 Å². The van der Waals surface area contributed by atoms with Crippen molar-refractivity contribution in [3.8, 4) is 5.75 Å². The number of methoxy groups -OCH3 is 1. The highest BCUT2D eigenvalue weighted by molar-refractivity contribution is 5.81. The van der Waals surface area contributed by atoms with Crippen LogP contribution in [0, 0.1) is 0 Å². The van der Waals surface area contributed by atoms with Gasteiger partial charge >= 0.3 is 0 Å². The second-order valence-corrected chi connectivity index (χ2v) is 4.28. The molecule has 3 aromatic rings. The largest absolute Gasteiger partial charge is 0.497 e. The number of hydrogen-bond acceptors (Lipinski definition) is 2. The molecule has 0 fully saturated rings. The Labute approximate surface area is 106 Å². The highest BCUT2D eigenvalue weighted by Gasteiger charge is 2.04. The molecule has 0 saturated carbocycles. The maximum atomic E-state index is 5.42. The molecule has 0 aliphatic carbocycles. The number of rotatable bonds is 3. The molecule has 0 spiro atoms. The quantitative estimate of drug-likeness (QED) is 0.687. The Kier molecular flexibility index (Phi) is 2.77. The fourth-order valence-corrected chi connectivity index (χ4v) is 2.21. The summed E-state index contributed by atoms with van der Waals surface area (Å²) in [5.41, 5.74) is 3.45. The van der Waals surface area contributed by atoms with Crippen molar-refractivity contribution in [2.75, 3.05) is 7.11 Å². The molecule has 18 heavy (non-hydrogen) atoms. The van der Waals surface area contributed by atoms with E-state index in [2.05, 4.69) is 18.2 Å². The Hall–Kier alpha value is -2.22. The van der Waals surface area contributed by atoms with Gasteiger partial charge in [0.1, 0.15) is 11.3 Å². The molecule has 1 aromatic heterocycles. The van der Waals surface area contributed by atoms with Crippen molar-refractivity contribution in [2.45, 2.75) is 6.42 Å². The fraction of sp³-hybridized carbons (Fsp3) is 0.125. The van der Waals surface area contributed by atoms with Gasteiger partial charge in [-0.25, -0.2) is 0 Å². The van der Waals surface area contributed by atoms with Gasteiger partial charge in [0.15, 0.2) is 0 Å². The average Bonchev–Trinajstić information content (AvgIpc) is 2.88. The second-order valence-electron chi connectivity index (χ2n) is 4.28. The maximum absolute atomic E-state index is 5.42. The molecule has 90 valence electrons. The summed E-state index contributed by atoms with van der Waals surface area (Å²) < 4.78 is 10.7. The third kappa shape index (κ3) is 1.97. The molecule has 2 heteroatoms. The van der Waals surface area contributed by atoms with Crippen molar-refractivity contribution in [3.05, 3.63) is 65.9 Å². The van der Waals surface area contributed by atoms with Crippen LogP contribution in [-0.2, 0) is 6.42 Å². The Morgan fingerprint density at radius 1 is 1.06 bits per heavy atom. The predicted molar refractivity (Wildman–Crippen MR) is 72.0 cm³/mol. The zero-order valence-electron chi connectivity index (χ0n) is 10.2. The van der Waals surface area contributed by atoms with Gasteiger partial charge in [-0.3, -0.25) is 0 Å². The van der Waals surface area contributed by atoms with E-state index in [1.54, 1.807) is 13.4 Å². The SMILES string of the molecule is COc1cccc(Cc2cccc3occc23)c1. The van der Waals surface area contributed by atoms with Gasteiger partial charge in [0, 0.05) is 5.39 Å². The van der Waals surface area contributed by atoms with E-state index in [1.165, 1.54) is 16.5 Å².